The van der Waals surface area contributed by atoms with Crippen molar-refractivity contribution in [3.8, 4) is 5.75 Å². The molecule has 12 heteroatoms. The number of hydrogen-bond donors (Lipinski definition) is 1. The zero-order valence-electron chi connectivity index (χ0n) is 19.5. The average Bonchev–Trinajstić information content (AvgIpc) is 3.70. The van der Waals surface area contributed by atoms with E-state index < -0.39 is 54.2 Å². The van der Waals surface area contributed by atoms with Crippen LogP contribution in [0.25, 0.3) is 0 Å². The number of aryl methyl sites for hydroxylation is 1. The highest BCUT2D eigenvalue weighted by atomic mass is 35.5. The van der Waals surface area contributed by atoms with Gasteiger partial charge in [0.15, 0.2) is 21.4 Å². The topological polar surface area (TPSA) is 110 Å². The number of carbonyl (C=O) groups is 1. The highest BCUT2D eigenvalue weighted by Gasteiger charge is 2.61. The van der Waals surface area contributed by atoms with E-state index in [9.17, 15) is 26.0 Å². The highest BCUT2D eigenvalue weighted by molar-refractivity contribution is 7.92. The molecule has 3 aliphatic rings. The molecule has 2 aromatic carbocycles. The van der Waals surface area contributed by atoms with Crippen LogP contribution in [0, 0.1) is 12.7 Å². The lowest BCUT2D eigenvalue weighted by molar-refractivity contribution is -0.136. The van der Waals surface area contributed by atoms with Crippen LogP contribution in [0.2, 0.25) is 5.02 Å². The van der Waals surface area contributed by atoms with Gasteiger partial charge >= 0.3 is 0 Å². The number of hydrogen-bond acceptors (Lipinski definition) is 6. The van der Waals surface area contributed by atoms with E-state index in [0.29, 0.717) is 29.8 Å². The van der Waals surface area contributed by atoms with E-state index >= 15 is 0 Å². The summed E-state index contributed by atoms with van der Waals surface area (Å²) in [4.78, 5) is 14.7. The standard InChI is InChI=1S/C24H26ClFN2O6S2/c1-15-3-10-19(26)23-22(15)24(35(30,31)17-6-4-16(25)5-7-17)11-2-12-28(20(24)14-34-23)21(29)13-27-36(32,33)18-8-9-18/h3-7,10,18,20,27H,2,8-9,11-14H2,1H3/t20-,24+/m0/s1. The lowest BCUT2D eigenvalue weighted by atomic mass is 9.78. The Labute approximate surface area is 214 Å². The second kappa shape index (κ2) is 8.97. The maximum atomic E-state index is 14.9. The molecule has 0 radical (unpaired) electrons. The molecule has 2 fully saturated rings. The van der Waals surface area contributed by atoms with Gasteiger partial charge in [0.25, 0.3) is 0 Å². The number of nitrogens with zero attached hydrogens (tertiary/aromatic N) is 1. The second-order valence-electron chi connectivity index (χ2n) is 9.50. The number of rotatable bonds is 6. The summed E-state index contributed by atoms with van der Waals surface area (Å²) in [5, 5.41) is -0.132. The summed E-state index contributed by atoms with van der Waals surface area (Å²) >= 11 is 6.00. The average molecular weight is 557 g/mol. The van der Waals surface area contributed by atoms with Crippen molar-refractivity contribution in [1.29, 1.82) is 0 Å². The minimum absolute atomic E-state index is 0.00264. The van der Waals surface area contributed by atoms with E-state index in [1.165, 1.54) is 41.3 Å². The van der Waals surface area contributed by atoms with Gasteiger partial charge in [0.1, 0.15) is 11.4 Å². The number of nitrogens with one attached hydrogen (secondary N) is 1. The van der Waals surface area contributed by atoms with Crippen LogP contribution in [-0.4, -0.2) is 58.6 Å². The number of piperidine rings is 1. The van der Waals surface area contributed by atoms with Crippen LogP contribution in [0.5, 0.6) is 5.75 Å². The van der Waals surface area contributed by atoms with Crippen molar-refractivity contribution in [2.45, 2.75) is 53.5 Å². The normalized spacial score (nSPS) is 24.0. The summed E-state index contributed by atoms with van der Waals surface area (Å²) in [6.45, 7) is 1.18. The fraction of sp³-hybridized carbons (Fsp3) is 0.458. The Morgan fingerprint density at radius 3 is 2.53 bits per heavy atom. The molecule has 2 aliphatic heterocycles. The largest absolute Gasteiger partial charge is 0.488 e. The fourth-order valence-electron chi connectivity index (χ4n) is 5.42. The predicted octanol–water partition coefficient (Wildman–Crippen LogP) is 2.92. The summed E-state index contributed by atoms with van der Waals surface area (Å²) in [5.41, 5.74) is 0.724. The molecular formula is C24H26ClFN2O6S2. The first-order valence-corrected chi connectivity index (χ1v) is 15.1. The van der Waals surface area contributed by atoms with Crippen molar-refractivity contribution in [3.63, 3.8) is 0 Å². The maximum absolute atomic E-state index is 14.9. The van der Waals surface area contributed by atoms with Crippen LogP contribution in [-0.2, 0) is 29.4 Å². The minimum Gasteiger partial charge on any atom is -0.488 e. The quantitative estimate of drug-likeness (QED) is 0.586. The first kappa shape index (κ1) is 25.4. The first-order valence-electron chi connectivity index (χ1n) is 11.7. The third kappa shape index (κ3) is 4.00. The molecule has 8 nitrogen and oxygen atoms in total. The number of sulfonamides is 1. The Hall–Kier alpha value is -2.21. The van der Waals surface area contributed by atoms with Crippen LogP contribution in [0.15, 0.2) is 41.3 Å². The molecule has 1 aliphatic carbocycles. The van der Waals surface area contributed by atoms with Crippen molar-refractivity contribution >= 4 is 37.4 Å². The summed E-state index contributed by atoms with van der Waals surface area (Å²) in [6.07, 6.45) is 1.56. The smallest absolute Gasteiger partial charge is 0.238 e. The molecule has 1 amide bonds. The lowest BCUT2D eigenvalue weighted by Crippen LogP contribution is -2.65. The van der Waals surface area contributed by atoms with Crippen LogP contribution < -0.4 is 9.46 Å². The van der Waals surface area contributed by atoms with Gasteiger partial charge in [-0.3, -0.25) is 4.79 Å². The van der Waals surface area contributed by atoms with Crippen LogP contribution in [0.4, 0.5) is 4.39 Å². The monoisotopic (exact) mass is 556 g/mol. The number of ether oxygens (including phenoxy) is 1. The zero-order chi connectivity index (χ0) is 25.9. The minimum atomic E-state index is -4.20. The molecule has 0 bridgehead atoms. The van der Waals surface area contributed by atoms with Gasteiger partial charge in [0, 0.05) is 17.1 Å². The maximum Gasteiger partial charge on any atom is 0.238 e. The Morgan fingerprint density at radius 2 is 1.86 bits per heavy atom. The molecule has 1 saturated carbocycles. The van der Waals surface area contributed by atoms with Crippen molar-refractivity contribution in [3.05, 3.63) is 58.4 Å². The van der Waals surface area contributed by atoms with Crippen molar-refractivity contribution < 1.29 is 30.8 Å². The number of halogens is 2. The van der Waals surface area contributed by atoms with Gasteiger partial charge in [-0.15, -0.1) is 0 Å². The van der Waals surface area contributed by atoms with Crippen molar-refractivity contribution in [2.24, 2.45) is 0 Å². The zero-order valence-corrected chi connectivity index (χ0v) is 21.9. The highest BCUT2D eigenvalue weighted by Crippen LogP contribution is 2.53. The lowest BCUT2D eigenvalue weighted by Gasteiger charge is -2.52. The molecule has 36 heavy (non-hydrogen) atoms. The van der Waals surface area contributed by atoms with Gasteiger partial charge in [0.05, 0.1) is 22.7 Å². The Balaban J connectivity index is 1.62. The molecule has 0 unspecified atom stereocenters. The van der Waals surface area contributed by atoms with E-state index in [4.69, 9.17) is 16.3 Å². The van der Waals surface area contributed by atoms with E-state index in [1.807, 2.05) is 0 Å². The number of amides is 1. The summed E-state index contributed by atoms with van der Waals surface area (Å²) in [6, 6.07) is 7.49. The van der Waals surface area contributed by atoms with E-state index in [1.54, 1.807) is 6.92 Å². The van der Waals surface area contributed by atoms with E-state index in [0.717, 1.165) is 0 Å². The van der Waals surface area contributed by atoms with Gasteiger partial charge in [0.2, 0.25) is 15.9 Å². The number of likely N-dealkylation sites (tertiary alicyclic amines) is 1. The molecule has 0 aromatic heterocycles. The van der Waals surface area contributed by atoms with Crippen LogP contribution in [0.1, 0.15) is 36.8 Å². The molecule has 2 heterocycles. The first-order chi connectivity index (χ1) is 17.0. The van der Waals surface area contributed by atoms with E-state index in [2.05, 4.69) is 4.72 Å². The van der Waals surface area contributed by atoms with Crippen LogP contribution in [0.3, 0.4) is 0 Å². The summed E-state index contributed by atoms with van der Waals surface area (Å²) in [5.74, 6) is -1.37. The van der Waals surface area contributed by atoms with Crippen LogP contribution >= 0.6 is 11.6 Å². The Morgan fingerprint density at radius 1 is 1.17 bits per heavy atom. The van der Waals surface area contributed by atoms with Gasteiger partial charge in [-0.05, 0) is 68.5 Å². The van der Waals surface area contributed by atoms with Gasteiger partial charge in [-0.25, -0.2) is 25.9 Å². The van der Waals surface area contributed by atoms with Crippen molar-refractivity contribution in [2.75, 3.05) is 19.7 Å². The summed E-state index contributed by atoms with van der Waals surface area (Å²) < 4.78 is 74.7. The Bertz CT molecular complexity index is 1430. The third-order valence-corrected chi connectivity index (χ3v) is 12.0. The predicted molar refractivity (Wildman–Crippen MR) is 132 cm³/mol. The molecule has 2 atom stereocenters. The second-order valence-corrected chi connectivity index (χ2v) is 14.2. The Kier molecular flexibility index (Phi) is 6.34. The van der Waals surface area contributed by atoms with Crippen molar-refractivity contribution in [1.82, 2.24) is 9.62 Å². The number of carbonyl (C=O) groups excluding carboxylic acids is 1. The molecule has 0 spiro atoms. The molecular weight excluding hydrogens is 531 g/mol. The molecule has 194 valence electrons. The third-order valence-electron chi connectivity index (χ3n) is 7.30. The molecule has 5 rings (SSSR count). The van der Waals surface area contributed by atoms with E-state index in [-0.39, 0.29) is 35.8 Å². The molecule has 1 saturated heterocycles. The van der Waals surface area contributed by atoms with Gasteiger partial charge in [-0.1, -0.05) is 17.7 Å². The number of benzene rings is 2. The van der Waals surface area contributed by atoms with Gasteiger partial charge in [-0.2, -0.15) is 0 Å². The van der Waals surface area contributed by atoms with Gasteiger partial charge < -0.3 is 9.64 Å². The molecule has 1 N–H and O–H groups in total. The SMILES string of the molecule is Cc1ccc(F)c2c1[C@@]1(S(=O)(=O)c3ccc(Cl)cc3)CCCN(C(=O)CNS(=O)(=O)C3CC3)[C@H]1CO2. The fourth-order valence-corrected chi connectivity index (χ4v) is 9.26. The summed E-state index contributed by atoms with van der Waals surface area (Å²) in [7, 11) is -7.82. The number of sulfone groups is 1. The number of fused-ring (bicyclic) bond motifs is 3. The molecule has 2 aromatic rings.